The lowest BCUT2D eigenvalue weighted by atomic mass is 9.80. The molecule has 14 heteroatoms. The number of non-ortho nitro benzene ring substituents is 1. The number of nitrogens with one attached hydrogen (secondary N) is 2. The van der Waals surface area contributed by atoms with Crippen molar-refractivity contribution in [2.75, 3.05) is 31.3 Å². The quantitative estimate of drug-likeness (QED) is 0.129. The van der Waals surface area contributed by atoms with E-state index in [2.05, 4.69) is 10.0 Å². The normalized spacial score (nSPS) is 15.3. The number of nitro benzene ring substituents is 1. The van der Waals surface area contributed by atoms with Crippen molar-refractivity contribution in [1.82, 2.24) is 10.0 Å². The maximum absolute atomic E-state index is 13.3. The summed E-state index contributed by atoms with van der Waals surface area (Å²) in [5.74, 6) is -2.03. The zero-order valence-electron chi connectivity index (χ0n) is 23.6. The van der Waals surface area contributed by atoms with Gasteiger partial charge in [0.15, 0.2) is 0 Å². The highest BCUT2D eigenvalue weighted by molar-refractivity contribution is 7.99. The topological polar surface area (TPSA) is 174 Å². The molecule has 1 unspecified atom stereocenters. The molecule has 42 heavy (non-hydrogen) atoms. The third kappa shape index (κ3) is 7.69. The van der Waals surface area contributed by atoms with Crippen molar-refractivity contribution in [3.63, 3.8) is 0 Å². The van der Waals surface area contributed by atoms with Crippen LogP contribution in [-0.2, 0) is 29.1 Å². The van der Waals surface area contributed by atoms with Gasteiger partial charge in [0, 0.05) is 47.6 Å². The van der Waals surface area contributed by atoms with Gasteiger partial charge in [-0.25, -0.2) is 22.7 Å². The maximum atomic E-state index is 13.3. The largest absolute Gasteiger partial charge is 0.508 e. The molecule has 2 aromatic carbocycles. The molecule has 3 rings (SSSR count). The minimum absolute atomic E-state index is 0.0270. The molecule has 1 atom stereocenters. The molecule has 3 N–H and O–H groups in total. The summed E-state index contributed by atoms with van der Waals surface area (Å²) >= 11 is 1.32. The number of hydrogen-bond acceptors (Lipinski definition) is 11. The standard InChI is InChI=1S/C28H33N3O9S2/c1-5-39-27(33)24-18(4)30-22(16-41-13-12-29-42(37,38)23-15-21(32)11-10-17(23)3)26(28(34)40-6-2)25(24)19-8-7-9-20(14-19)31(35)36/h7-11,14-15,25,29-30,32H,5-6,12-13,16H2,1-4H3. The number of aromatic hydroxyl groups is 1. The number of sulfonamides is 1. The fourth-order valence-electron chi connectivity index (χ4n) is 4.47. The lowest BCUT2D eigenvalue weighted by molar-refractivity contribution is -0.384. The van der Waals surface area contributed by atoms with Crippen LogP contribution in [0.3, 0.4) is 0 Å². The average molecular weight is 620 g/mol. The second-order valence-electron chi connectivity index (χ2n) is 9.18. The van der Waals surface area contributed by atoms with Crippen molar-refractivity contribution in [2.24, 2.45) is 0 Å². The predicted octanol–water partition coefficient (Wildman–Crippen LogP) is 3.66. The second-order valence-corrected chi connectivity index (χ2v) is 12.0. The van der Waals surface area contributed by atoms with Crippen molar-refractivity contribution < 1.29 is 37.5 Å². The Kier molecular flexibility index (Phi) is 11.1. The number of esters is 2. The molecule has 0 spiro atoms. The Labute approximate surface area is 248 Å². The van der Waals surface area contributed by atoms with Gasteiger partial charge in [-0.3, -0.25) is 10.1 Å². The van der Waals surface area contributed by atoms with E-state index in [1.165, 1.54) is 48.2 Å². The van der Waals surface area contributed by atoms with Gasteiger partial charge in [0.1, 0.15) is 5.75 Å². The molecular formula is C28H33N3O9S2. The summed E-state index contributed by atoms with van der Waals surface area (Å²) in [6, 6.07) is 9.79. The number of ether oxygens (including phenoxy) is 2. The van der Waals surface area contributed by atoms with Crippen LogP contribution in [0.4, 0.5) is 5.69 Å². The van der Waals surface area contributed by atoms with Crippen LogP contribution in [0.25, 0.3) is 0 Å². The van der Waals surface area contributed by atoms with E-state index >= 15 is 0 Å². The van der Waals surface area contributed by atoms with Crippen LogP contribution in [0.15, 0.2) is 69.9 Å². The summed E-state index contributed by atoms with van der Waals surface area (Å²) < 4.78 is 38.6. The Bertz CT molecular complexity index is 1530. The predicted molar refractivity (Wildman–Crippen MR) is 157 cm³/mol. The highest BCUT2D eigenvalue weighted by Crippen LogP contribution is 2.41. The smallest absolute Gasteiger partial charge is 0.336 e. The molecular weight excluding hydrogens is 586 g/mol. The second kappa shape index (κ2) is 14.3. The Hall–Kier alpha value is -3.88. The first-order chi connectivity index (χ1) is 19.9. The molecule has 1 heterocycles. The summed E-state index contributed by atoms with van der Waals surface area (Å²) in [7, 11) is -3.88. The number of aryl methyl sites for hydroxylation is 1. The monoisotopic (exact) mass is 619 g/mol. The van der Waals surface area contributed by atoms with Gasteiger partial charge in [0.05, 0.1) is 40.1 Å². The molecule has 0 aromatic heterocycles. The van der Waals surface area contributed by atoms with Crippen molar-refractivity contribution in [3.8, 4) is 5.75 Å². The third-order valence-corrected chi connectivity index (χ3v) is 8.88. The Morgan fingerprint density at radius 2 is 1.74 bits per heavy atom. The molecule has 226 valence electrons. The van der Waals surface area contributed by atoms with Gasteiger partial charge in [-0.2, -0.15) is 11.8 Å². The molecule has 0 radical (unpaired) electrons. The zero-order valence-corrected chi connectivity index (χ0v) is 25.3. The molecule has 0 fully saturated rings. The van der Waals surface area contributed by atoms with E-state index in [4.69, 9.17) is 9.47 Å². The zero-order chi connectivity index (χ0) is 31.0. The van der Waals surface area contributed by atoms with Gasteiger partial charge >= 0.3 is 11.9 Å². The van der Waals surface area contributed by atoms with Crippen LogP contribution < -0.4 is 10.0 Å². The van der Waals surface area contributed by atoms with Crippen LogP contribution >= 0.6 is 11.8 Å². The number of carbonyl (C=O) groups excluding carboxylic acids is 2. The molecule has 1 aliphatic heterocycles. The SMILES string of the molecule is CCOC(=O)C1=C(C)NC(CSCCNS(=O)(=O)c2cc(O)ccc2C)=C(C(=O)OCC)C1c1cccc([N+](=O)[O-])c1. The Balaban J connectivity index is 1.92. The first-order valence-electron chi connectivity index (χ1n) is 13.1. The summed E-state index contributed by atoms with van der Waals surface area (Å²) in [4.78, 5) is 37.3. The van der Waals surface area contributed by atoms with Gasteiger partial charge in [0.25, 0.3) is 5.69 Å². The van der Waals surface area contributed by atoms with Gasteiger partial charge < -0.3 is 19.9 Å². The van der Waals surface area contributed by atoms with E-state index in [0.29, 0.717) is 28.3 Å². The lowest BCUT2D eigenvalue weighted by Crippen LogP contribution is -2.34. The van der Waals surface area contributed by atoms with E-state index in [1.807, 2.05) is 0 Å². The number of phenols is 1. The van der Waals surface area contributed by atoms with Crippen LogP contribution in [0.1, 0.15) is 37.8 Å². The van der Waals surface area contributed by atoms with Gasteiger partial charge in [-0.1, -0.05) is 18.2 Å². The van der Waals surface area contributed by atoms with E-state index in [1.54, 1.807) is 33.8 Å². The fourth-order valence-corrected chi connectivity index (χ4v) is 6.72. The number of dihydropyridines is 1. The lowest BCUT2D eigenvalue weighted by Gasteiger charge is -2.31. The average Bonchev–Trinajstić information content (AvgIpc) is 2.93. The number of allylic oxidation sites excluding steroid dienone is 1. The molecule has 12 nitrogen and oxygen atoms in total. The van der Waals surface area contributed by atoms with Gasteiger partial charge in [0.2, 0.25) is 10.0 Å². The summed E-state index contributed by atoms with van der Waals surface area (Å²) in [5, 5.41) is 24.3. The van der Waals surface area contributed by atoms with Gasteiger partial charge in [-0.05, 0) is 44.9 Å². The van der Waals surface area contributed by atoms with E-state index in [0.717, 1.165) is 0 Å². The molecule has 0 aliphatic carbocycles. The number of nitro groups is 1. The van der Waals surface area contributed by atoms with Gasteiger partial charge in [-0.15, -0.1) is 0 Å². The number of thioether (sulfide) groups is 1. The van der Waals surface area contributed by atoms with Crippen LogP contribution in [0.2, 0.25) is 0 Å². The van der Waals surface area contributed by atoms with Crippen molar-refractivity contribution in [3.05, 3.63) is 86.2 Å². The van der Waals surface area contributed by atoms with E-state index < -0.39 is 32.8 Å². The summed E-state index contributed by atoms with van der Waals surface area (Å²) in [6.07, 6.45) is 0. The highest BCUT2D eigenvalue weighted by Gasteiger charge is 2.39. The Morgan fingerprint density at radius 1 is 1.07 bits per heavy atom. The van der Waals surface area contributed by atoms with Crippen LogP contribution in [0, 0.1) is 17.0 Å². The number of rotatable bonds is 13. The number of phenolic OH excluding ortho intramolecular Hbond substituents is 1. The highest BCUT2D eigenvalue weighted by atomic mass is 32.2. The molecule has 2 aromatic rings. The number of hydrogen-bond donors (Lipinski definition) is 3. The van der Waals surface area contributed by atoms with Crippen molar-refractivity contribution in [1.29, 1.82) is 0 Å². The molecule has 0 saturated heterocycles. The van der Waals surface area contributed by atoms with E-state index in [-0.39, 0.29) is 53.0 Å². The summed E-state index contributed by atoms with van der Waals surface area (Å²) in [6.45, 7) is 6.75. The minimum atomic E-state index is -3.88. The number of benzene rings is 2. The fraction of sp³-hybridized carbons (Fsp3) is 0.357. The van der Waals surface area contributed by atoms with Crippen molar-refractivity contribution in [2.45, 2.75) is 38.5 Å². The molecule has 0 bridgehead atoms. The number of carbonyl (C=O) groups is 2. The molecule has 1 aliphatic rings. The first-order valence-corrected chi connectivity index (χ1v) is 15.7. The number of nitrogens with zero attached hydrogens (tertiary/aromatic N) is 1. The minimum Gasteiger partial charge on any atom is -0.508 e. The van der Waals surface area contributed by atoms with E-state index in [9.17, 15) is 33.2 Å². The first kappa shape index (κ1) is 32.6. The molecule has 0 amide bonds. The van der Waals surface area contributed by atoms with Crippen LogP contribution in [-0.4, -0.2) is 61.7 Å². The Morgan fingerprint density at radius 3 is 2.38 bits per heavy atom. The molecule has 0 saturated carbocycles. The maximum Gasteiger partial charge on any atom is 0.336 e. The van der Waals surface area contributed by atoms with Crippen molar-refractivity contribution >= 4 is 39.4 Å². The third-order valence-electron chi connectivity index (χ3n) is 6.30. The van der Waals surface area contributed by atoms with Crippen LogP contribution in [0.5, 0.6) is 5.75 Å². The summed E-state index contributed by atoms with van der Waals surface area (Å²) in [5.41, 5.74) is 1.68.